The topological polar surface area (TPSA) is 77.5 Å². The maximum atomic E-state index is 13.3. The molecule has 0 radical (unpaired) electrons. The number of ether oxygens (including phenoxy) is 1. The molecule has 0 aliphatic rings. The average molecular weight is 304 g/mol. The number of rotatable bonds is 4. The molecule has 2 aromatic rings. The molecule has 1 amide bonds. The van der Waals surface area contributed by atoms with Crippen molar-refractivity contribution in [3.63, 3.8) is 0 Å². The Morgan fingerprint density at radius 3 is 2.38 bits per heavy atom. The van der Waals surface area contributed by atoms with Crippen LogP contribution in [0.1, 0.15) is 16.1 Å². The highest BCUT2D eigenvalue weighted by atomic mass is 19.2. The quantitative estimate of drug-likeness (QED) is 0.298. The van der Waals surface area contributed by atoms with Crippen LogP contribution in [0.2, 0.25) is 0 Å². The van der Waals surface area contributed by atoms with Crippen molar-refractivity contribution in [3.8, 4) is 5.75 Å². The molecular formula is C12H8F4N2O3. The SMILES string of the molecule is NNC(=O)c1coc(COc2c(F)c(F)cc(F)c2F)c1. The second kappa shape index (κ2) is 5.83. The minimum Gasteiger partial charge on any atom is -0.479 e. The molecule has 0 aliphatic heterocycles. The summed E-state index contributed by atoms with van der Waals surface area (Å²) in [4.78, 5) is 11.1. The van der Waals surface area contributed by atoms with E-state index in [0.717, 1.165) is 6.26 Å². The van der Waals surface area contributed by atoms with Crippen LogP contribution in [0.5, 0.6) is 5.75 Å². The van der Waals surface area contributed by atoms with Gasteiger partial charge in [-0.15, -0.1) is 0 Å². The number of furan rings is 1. The second-order valence-electron chi connectivity index (χ2n) is 3.86. The fraction of sp³-hybridized carbons (Fsp3) is 0.0833. The lowest BCUT2D eigenvalue weighted by Gasteiger charge is -2.07. The number of hydrogen-bond donors (Lipinski definition) is 2. The van der Waals surface area contributed by atoms with E-state index >= 15 is 0 Å². The lowest BCUT2D eigenvalue weighted by molar-refractivity contribution is 0.0953. The first kappa shape index (κ1) is 14.9. The van der Waals surface area contributed by atoms with Gasteiger partial charge >= 0.3 is 0 Å². The molecular weight excluding hydrogens is 296 g/mol. The first-order valence-electron chi connectivity index (χ1n) is 5.48. The van der Waals surface area contributed by atoms with E-state index in [9.17, 15) is 22.4 Å². The largest absolute Gasteiger partial charge is 0.479 e. The van der Waals surface area contributed by atoms with Crippen LogP contribution in [0.4, 0.5) is 17.6 Å². The molecule has 5 nitrogen and oxygen atoms in total. The molecule has 9 heteroatoms. The van der Waals surface area contributed by atoms with Crippen molar-refractivity contribution in [2.45, 2.75) is 6.61 Å². The molecule has 0 saturated heterocycles. The van der Waals surface area contributed by atoms with Crippen LogP contribution in [-0.4, -0.2) is 5.91 Å². The van der Waals surface area contributed by atoms with Crippen molar-refractivity contribution in [1.29, 1.82) is 0 Å². The van der Waals surface area contributed by atoms with Gasteiger partial charge in [-0.3, -0.25) is 10.2 Å². The highest BCUT2D eigenvalue weighted by Crippen LogP contribution is 2.27. The minimum atomic E-state index is -1.67. The smallest absolute Gasteiger partial charge is 0.268 e. The van der Waals surface area contributed by atoms with E-state index in [-0.39, 0.29) is 17.4 Å². The van der Waals surface area contributed by atoms with E-state index in [1.54, 1.807) is 0 Å². The Kier molecular flexibility index (Phi) is 4.13. The van der Waals surface area contributed by atoms with Gasteiger partial charge in [0.2, 0.25) is 11.6 Å². The molecule has 112 valence electrons. The summed E-state index contributed by atoms with van der Waals surface area (Å²) in [7, 11) is 0. The number of hydrogen-bond acceptors (Lipinski definition) is 4. The molecule has 3 N–H and O–H groups in total. The highest BCUT2D eigenvalue weighted by molar-refractivity contribution is 5.93. The Hall–Kier alpha value is -2.55. The molecule has 1 heterocycles. The average Bonchev–Trinajstić information content (AvgIpc) is 2.93. The predicted molar refractivity (Wildman–Crippen MR) is 61.0 cm³/mol. The van der Waals surface area contributed by atoms with Gasteiger partial charge in [-0.05, 0) is 6.07 Å². The first-order chi connectivity index (χ1) is 9.93. The zero-order chi connectivity index (χ0) is 15.6. The summed E-state index contributed by atoms with van der Waals surface area (Å²) < 4.78 is 62.1. The normalized spacial score (nSPS) is 10.5. The van der Waals surface area contributed by atoms with Crippen molar-refractivity contribution >= 4 is 5.91 Å². The number of amides is 1. The molecule has 2 rings (SSSR count). The highest BCUT2D eigenvalue weighted by Gasteiger charge is 2.21. The molecule has 0 atom stereocenters. The van der Waals surface area contributed by atoms with E-state index in [1.807, 2.05) is 5.43 Å². The van der Waals surface area contributed by atoms with Crippen molar-refractivity contribution in [2.75, 3.05) is 0 Å². The predicted octanol–water partition coefficient (Wildman–Crippen LogP) is 2.02. The number of carbonyl (C=O) groups excluding carboxylic acids is 1. The first-order valence-corrected chi connectivity index (χ1v) is 5.48. The third kappa shape index (κ3) is 2.97. The van der Waals surface area contributed by atoms with Gasteiger partial charge in [0.25, 0.3) is 5.91 Å². The second-order valence-corrected chi connectivity index (χ2v) is 3.86. The van der Waals surface area contributed by atoms with Crippen molar-refractivity contribution in [3.05, 3.63) is 53.0 Å². The third-order valence-corrected chi connectivity index (χ3v) is 2.48. The fourth-order valence-corrected chi connectivity index (χ4v) is 1.48. The Bertz CT molecular complexity index is 661. The fourth-order valence-electron chi connectivity index (χ4n) is 1.48. The number of nitrogen functional groups attached to an aromatic ring is 1. The Balaban J connectivity index is 2.17. The Morgan fingerprint density at radius 2 is 1.81 bits per heavy atom. The maximum Gasteiger partial charge on any atom is 0.268 e. The van der Waals surface area contributed by atoms with Crippen LogP contribution < -0.4 is 16.0 Å². The van der Waals surface area contributed by atoms with Gasteiger partial charge in [-0.1, -0.05) is 0 Å². The molecule has 0 fully saturated rings. The van der Waals surface area contributed by atoms with Crippen LogP contribution in [0, 0.1) is 23.3 Å². The Morgan fingerprint density at radius 1 is 1.19 bits per heavy atom. The zero-order valence-corrected chi connectivity index (χ0v) is 10.3. The summed E-state index contributed by atoms with van der Waals surface area (Å²) in [5.74, 6) is -3.49. The van der Waals surface area contributed by atoms with Crippen LogP contribution in [0.25, 0.3) is 0 Å². The standard InChI is InChI=1S/C12H8F4N2O3/c13-7-2-8(14)10(16)11(9(7)15)21-4-6-1-5(3-20-6)12(19)18-17/h1-3H,4,17H2,(H,18,19). The van der Waals surface area contributed by atoms with Crippen LogP contribution >= 0.6 is 0 Å². The van der Waals surface area contributed by atoms with Crippen LogP contribution in [-0.2, 0) is 6.61 Å². The van der Waals surface area contributed by atoms with E-state index in [2.05, 4.69) is 4.74 Å². The summed E-state index contributed by atoms with van der Waals surface area (Å²) in [5.41, 5.74) is 1.89. The summed E-state index contributed by atoms with van der Waals surface area (Å²) in [6.45, 7) is -0.547. The number of halogens is 4. The van der Waals surface area contributed by atoms with E-state index in [4.69, 9.17) is 10.3 Å². The van der Waals surface area contributed by atoms with Gasteiger partial charge in [0, 0.05) is 6.07 Å². The summed E-state index contributed by atoms with van der Waals surface area (Å²) in [6, 6.07) is 1.25. The Labute approximate surface area is 115 Å². The number of carbonyl (C=O) groups is 1. The summed E-state index contributed by atoms with van der Waals surface area (Å²) in [5, 5.41) is 0. The summed E-state index contributed by atoms with van der Waals surface area (Å²) >= 11 is 0. The van der Waals surface area contributed by atoms with Crippen molar-refractivity contribution < 1.29 is 31.5 Å². The minimum absolute atomic E-state index is 0.00271. The van der Waals surface area contributed by atoms with E-state index in [0.29, 0.717) is 0 Å². The number of nitrogens with one attached hydrogen (secondary N) is 1. The number of hydrazine groups is 1. The molecule has 0 aliphatic carbocycles. The van der Waals surface area contributed by atoms with Gasteiger partial charge in [0.1, 0.15) is 18.6 Å². The molecule has 1 aromatic carbocycles. The number of benzene rings is 1. The molecule has 0 unspecified atom stereocenters. The van der Waals surface area contributed by atoms with Gasteiger partial charge in [0.15, 0.2) is 17.4 Å². The van der Waals surface area contributed by atoms with Crippen LogP contribution in [0.15, 0.2) is 22.8 Å². The molecule has 0 bridgehead atoms. The molecule has 0 saturated carbocycles. The van der Waals surface area contributed by atoms with Crippen LogP contribution in [0.3, 0.4) is 0 Å². The monoisotopic (exact) mass is 304 g/mol. The lowest BCUT2D eigenvalue weighted by Crippen LogP contribution is -2.29. The third-order valence-electron chi connectivity index (χ3n) is 2.48. The van der Waals surface area contributed by atoms with Crippen molar-refractivity contribution in [2.24, 2.45) is 5.84 Å². The van der Waals surface area contributed by atoms with Crippen molar-refractivity contribution in [1.82, 2.24) is 5.43 Å². The molecule has 0 spiro atoms. The van der Waals surface area contributed by atoms with Gasteiger partial charge in [-0.25, -0.2) is 14.6 Å². The van der Waals surface area contributed by atoms with Gasteiger partial charge in [0.05, 0.1) is 5.56 Å². The van der Waals surface area contributed by atoms with Gasteiger partial charge < -0.3 is 9.15 Å². The van der Waals surface area contributed by atoms with E-state index < -0.39 is 41.5 Å². The number of nitrogens with two attached hydrogens (primary N) is 1. The lowest BCUT2D eigenvalue weighted by atomic mass is 10.3. The zero-order valence-electron chi connectivity index (χ0n) is 10.3. The van der Waals surface area contributed by atoms with Gasteiger partial charge in [-0.2, -0.15) is 8.78 Å². The summed E-state index contributed by atoms with van der Waals surface area (Å²) in [6.07, 6.45) is 1.03. The molecule has 21 heavy (non-hydrogen) atoms. The maximum absolute atomic E-state index is 13.3. The van der Waals surface area contributed by atoms with E-state index in [1.165, 1.54) is 6.07 Å². The molecule has 1 aromatic heterocycles.